The van der Waals surface area contributed by atoms with E-state index in [1.54, 1.807) is 12.1 Å². The summed E-state index contributed by atoms with van der Waals surface area (Å²) in [4.78, 5) is 12.6. The maximum Gasteiger partial charge on any atom is 0.343 e. The zero-order valence-corrected chi connectivity index (χ0v) is 21.6. The number of hydrogen-bond donors (Lipinski definition) is 0. The highest BCUT2D eigenvalue weighted by Gasteiger charge is 2.11. The van der Waals surface area contributed by atoms with Gasteiger partial charge in [-0.15, -0.1) is 0 Å². The number of nitriles is 1. The Hall–Kier alpha value is -3.58. The second-order valence-electron chi connectivity index (χ2n) is 9.15. The van der Waals surface area contributed by atoms with Gasteiger partial charge in [0, 0.05) is 0 Å². The lowest BCUT2D eigenvalue weighted by Crippen LogP contribution is -2.08. The summed E-state index contributed by atoms with van der Waals surface area (Å²) in [6.45, 7) is 5.02. The number of carbonyl (C=O) groups is 1. The molecule has 4 nitrogen and oxygen atoms in total. The maximum absolute atomic E-state index is 12.6. The lowest BCUT2D eigenvalue weighted by Gasteiger charge is -2.10. The van der Waals surface area contributed by atoms with Crippen LogP contribution in [0.5, 0.6) is 11.5 Å². The minimum absolute atomic E-state index is 0.388. The molecule has 0 aliphatic carbocycles. The van der Waals surface area contributed by atoms with Crippen molar-refractivity contribution in [2.75, 3.05) is 6.61 Å². The molecule has 0 radical (unpaired) electrons. The summed E-state index contributed by atoms with van der Waals surface area (Å²) in [6.07, 6.45) is 10.5. The van der Waals surface area contributed by atoms with Crippen molar-refractivity contribution in [1.82, 2.24) is 0 Å². The van der Waals surface area contributed by atoms with Crippen LogP contribution in [0.4, 0.5) is 0 Å². The SMILES string of the molecule is CCCCCCCOc1ccc(-c2ccc(C(=O)Oc3ccc(CCCCC)cc3)cc2)cc1C#N. The molecule has 0 amide bonds. The van der Waals surface area contributed by atoms with Crippen LogP contribution in [-0.2, 0) is 6.42 Å². The third-order valence-corrected chi connectivity index (χ3v) is 6.26. The van der Waals surface area contributed by atoms with E-state index < -0.39 is 0 Å². The predicted molar refractivity (Wildman–Crippen MR) is 145 cm³/mol. The Bertz CT molecular complexity index is 1130. The van der Waals surface area contributed by atoms with Crippen molar-refractivity contribution >= 4 is 5.97 Å². The summed E-state index contributed by atoms with van der Waals surface area (Å²) < 4.78 is 11.4. The Balaban J connectivity index is 1.57. The van der Waals surface area contributed by atoms with Gasteiger partial charge in [0.1, 0.15) is 17.6 Å². The molecule has 3 rings (SSSR count). The van der Waals surface area contributed by atoms with Gasteiger partial charge in [-0.3, -0.25) is 0 Å². The van der Waals surface area contributed by atoms with Crippen LogP contribution >= 0.6 is 0 Å². The van der Waals surface area contributed by atoms with E-state index in [0.717, 1.165) is 30.4 Å². The molecule has 0 aromatic heterocycles. The number of benzene rings is 3. The molecule has 0 aliphatic heterocycles. The maximum atomic E-state index is 12.6. The number of esters is 1. The van der Waals surface area contributed by atoms with E-state index >= 15 is 0 Å². The normalized spacial score (nSPS) is 10.6. The Labute approximate surface area is 215 Å². The van der Waals surface area contributed by atoms with E-state index in [0.29, 0.717) is 29.2 Å². The minimum Gasteiger partial charge on any atom is -0.492 e. The number of rotatable bonds is 14. The smallest absolute Gasteiger partial charge is 0.343 e. The highest BCUT2D eigenvalue weighted by atomic mass is 16.5. The van der Waals surface area contributed by atoms with Crippen molar-refractivity contribution in [3.63, 3.8) is 0 Å². The second-order valence-corrected chi connectivity index (χ2v) is 9.15. The summed E-state index contributed by atoms with van der Waals surface area (Å²) in [5, 5.41) is 9.60. The molecule has 188 valence electrons. The van der Waals surface area contributed by atoms with E-state index in [1.165, 1.54) is 44.1 Å². The van der Waals surface area contributed by atoms with Gasteiger partial charge in [0.15, 0.2) is 0 Å². The van der Waals surface area contributed by atoms with Crippen LogP contribution in [0.1, 0.15) is 86.7 Å². The fourth-order valence-electron chi connectivity index (χ4n) is 4.08. The summed E-state index contributed by atoms with van der Waals surface area (Å²) in [5.41, 5.74) is 4.08. The average molecular weight is 484 g/mol. The highest BCUT2D eigenvalue weighted by Crippen LogP contribution is 2.27. The van der Waals surface area contributed by atoms with Gasteiger partial charge in [-0.05, 0) is 72.4 Å². The van der Waals surface area contributed by atoms with Crippen molar-refractivity contribution < 1.29 is 14.3 Å². The highest BCUT2D eigenvalue weighted by molar-refractivity contribution is 5.91. The van der Waals surface area contributed by atoms with Crippen LogP contribution in [0, 0.1) is 11.3 Å². The third kappa shape index (κ3) is 8.27. The van der Waals surface area contributed by atoms with Gasteiger partial charge in [-0.2, -0.15) is 5.26 Å². The van der Waals surface area contributed by atoms with Gasteiger partial charge < -0.3 is 9.47 Å². The number of carbonyl (C=O) groups excluding carboxylic acids is 1. The molecule has 0 aliphatic rings. The van der Waals surface area contributed by atoms with Gasteiger partial charge in [0.2, 0.25) is 0 Å². The van der Waals surface area contributed by atoms with Crippen molar-refractivity contribution in [3.8, 4) is 28.7 Å². The van der Waals surface area contributed by atoms with Crippen molar-refractivity contribution in [3.05, 3.63) is 83.4 Å². The Kier molecular flexibility index (Phi) is 11.1. The van der Waals surface area contributed by atoms with Crippen molar-refractivity contribution in [2.24, 2.45) is 0 Å². The molecule has 0 saturated carbocycles. The number of unbranched alkanes of at least 4 members (excludes halogenated alkanes) is 6. The zero-order valence-electron chi connectivity index (χ0n) is 21.6. The number of hydrogen-bond acceptors (Lipinski definition) is 4. The fraction of sp³-hybridized carbons (Fsp3) is 0.375. The molecule has 0 heterocycles. The van der Waals surface area contributed by atoms with E-state index in [-0.39, 0.29) is 5.97 Å². The van der Waals surface area contributed by atoms with Crippen molar-refractivity contribution in [1.29, 1.82) is 5.26 Å². The fourth-order valence-corrected chi connectivity index (χ4v) is 4.08. The van der Waals surface area contributed by atoms with Crippen LogP contribution in [0.15, 0.2) is 66.7 Å². The van der Waals surface area contributed by atoms with E-state index in [1.807, 2.05) is 54.6 Å². The molecule has 4 heteroatoms. The molecule has 0 atom stereocenters. The van der Waals surface area contributed by atoms with Gasteiger partial charge >= 0.3 is 5.97 Å². The molecule has 0 bridgehead atoms. The third-order valence-electron chi connectivity index (χ3n) is 6.26. The first-order valence-corrected chi connectivity index (χ1v) is 13.2. The van der Waals surface area contributed by atoms with Gasteiger partial charge in [0.05, 0.1) is 17.7 Å². The van der Waals surface area contributed by atoms with Crippen LogP contribution in [0.3, 0.4) is 0 Å². The molecule has 36 heavy (non-hydrogen) atoms. The summed E-state index contributed by atoms with van der Waals surface area (Å²) >= 11 is 0. The lowest BCUT2D eigenvalue weighted by molar-refractivity contribution is 0.0734. The molecule has 0 unspecified atom stereocenters. The predicted octanol–water partition coefficient (Wildman–Crippen LogP) is 8.53. The molecule has 0 saturated heterocycles. The van der Waals surface area contributed by atoms with Crippen LogP contribution in [0.25, 0.3) is 11.1 Å². The summed E-state index contributed by atoms with van der Waals surface area (Å²) in [5.74, 6) is 0.775. The Morgan fingerprint density at radius 1 is 0.778 bits per heavy atom. The topological polar surface area (TPSA) is 59.3 Å². The first-order valence-electron chi connectivity index (χ1n) is 13.2. The molecular formula is C32H37NO3. The largest absolute Gasteiger partial charge is 0.492 e. The Morgan fingerprint density at radius 3 is 2.14 bits per heavy atom. The zero-order chi connectivity index (χ0) is 25.6. The van der Waals surface area contributed by atoms with Crippen LogP contribution in [-0.4, -0.2) is 12.6 Å². The van der Waals surface area contributed by atoms with Gasteiger partial charge in [-0.1, -0.05) is 82.7 Å². The first-order chi connectivity index (χ1) is 17.6. The molecule has 0 fully saturated rings. The van der Waals surface area contributed by atoms with E-state index in [4.69, 9.17) is 9.47 Å². The second kappa shape index (κ2) is 14.7. The summed E-state index contributed by atoms with van der Waals surface area (Å²) in [6, 6.07) is 22.9. The van der Waals surface area contributed by atoms with Gasteiger partial charge in [0.25, 0.3) is 0 Å². The minimum atomic E-state index is -0.388. The molecule has 3 aromatic rings. The van der Waals surface area contributed by atoms with E-state index in [2.05, 4.69) is 19.9 Å². The number of aryl methyl sites for hydroxylation is 1. The first kappa shape index (κ1) is 27.0. The van der Waals surface area contributed by atoms with E-state index in [9.17, 15) is 10.1 Å². The van der Waals surface area contributed by atoms with Crippen LogP contribution < -0.4 is 9.47 Å². The van der Waals surface area contributed by atoms with Crippen molar-refractivity contribution in [2.45, 2.75) is 71.6 Å². The van der Waals surface area contributed by atoms with Gasteiger partial charge in [-0.25, -0.2) is 4.79 Å². The molecular weight excluding hydrogens is 446 g/mol. The number of nitrogens with zero attached hydrogens (tertiary/aromatic N) is 1. The Morgan fingerprint density at radius 2 is 1.44 bits per heavy atom. The molecule has 3 aromatic carbocycles. The lowest BCUT2D eigenvalue weighted by atomic mass is 10.0. The average Bonchev–Trinajstić information content (AvgIpc) is 2.92. The summed E-state index contributed by atoms with van der Waals surface area (Å²) in [7, 11) is 0. The molecule has 0 spiro atoms. The number of ether oxygens (including phenoxy) is 2. The molecule has 0 N–H and O–H groups in total. The monoisotopic (exact) mass is 483 g/mol. The standard InChI is InChI=1S/C32H37NO3/c1-3-5-7-8-10-22-35-31-21-18-28(23-29(31)24-33)26-14-16-27(17-15-26)32(34)36-30-19-12-25(13-20-30)11-9-6-4-2/h12-21,23H,3-11,22H2,1-2H3. The quantitative estimate of drug-likeness (QED) is 0.131. The van der Waals surface area contributed by atoms with Crippen LogP contribution in [0.2, 0.25) is 0 Å².